The largest absolute Gasteiger partial charge is 0.508 e. The van der Waals surface area contributed by atoms with Gasteiger partial charge in [-0.05, 0) is 19.5 Å². The third-order valence-corrected chi connectivity index (χ3v) is 3.81. The van der Waals surface area contributed by atoms with Crippen molar-refractivity contribution in [1.82, 2.24) is 10.2 Å². The molecule has 2 N–H and O–H groups in total. The number of nitrogens with one attached hydrogen (secondary N) is 1. The fourth-order valence-corrected chi connectivity index (χ4v) is 2.49. The first-order chi connectivity index (χ1) is 9.52. The number of piperazine rings is 1. The Balaban J connectivity index is 2.15. The van der Waals surface area contributed by atoms with Crippen molar-refractivity contribution in [1.29, 1.82) is 0 Å². The maximum atomic E-state index is 11.7. The van der Waals surface area contributed by atoms with Crippen LogP contribution in [0.3, 0.4) is 0 Å². The Kier molecular flexibility index (Phi) is 4.49. The number of rotatable bonds is 4. The summed E-state index contributed by atoms with van der Waals surface area (Å²) in [6.45, 7) is 6.81. The van der Waals surface area contributed by atoms with Crippen molar-refractivity contribution in [2.24, 2.45) is 0 Å². The fraction of sp³-hybridized carbons (Fsp3) is 0.533. The number of benzene rings is 1. The molecule has 1 aromatic rings. The highest BCUT2D eigenvalue weighted by Gasteiger charge is 2.22. The summed E-state index contributed by atoms with van der Waals surface area (Å²) < 4.78 is 0. The summed E-state index contributed by atoms with van der Waals surface area (Å²) >= 11 is 0. The molecule has 0 radical (unpaired) electrons. The Morgan fingerprint density at radius 2 is 2.15 bits per heavy atom. The van der Waals surface area contributed by atoms with Gasteiger partial charge in [0.1, 0.15) is 5.75 Å². The highest BCUT2D eigenvalue weighted by Crippen LogP contribution is 2.29. The molecular formula is C15H23N3O2. The fourth-order valence-electron chi connectivity index (χ4n) is 2.49. The molecule has 0 spiro atoms. The first-order valence-corrected chi connectivity index (χ1v) is 7.08. The topological polar surface area (TPSA) is 55.8 Å². The minimum atomic E-state index is 0.112. The normalized spacial score (nSPS) is 17.4. The number of hydrogen-bond donors (Lipinski definition) is 2. The minimum absolute atomic E-state index is 0.112. The van der Waals surface area contributed by atoms with Gasteiger partial charge in [0.05, 0.1) is 6.54 Å². The summed E-state index contributed by atoms with van der Waals surface area (Å²) in [6, 6.07) is 5.77. The summed E-state index contributed by atoms with van der Waals surface area (Å²) in [5, 5.41) is 13.5. The maximum Gasteiger partial charge on any atom is 0.241 e. The molecule has 1 unspecified atom stereocenters. The van der Waals surface area contributed by atoms with Crippen LogP contribution in [0.5, 0.6) is 5.75 Å². The van der Waals surface area contributed by atoms with E-state index in [1.807, 2.05) is 37.9 Å². The molecule has 0 aliphatic carbocycles. The lowest BCUT2D eigenvalue weighted by molar-refractivity contribution is -0.129. The number of phenolic OH excluding ortho intramolecular Hbond substituents is 1. The first-order valence-electron chi connectivity index (χ1n) is 7.08. The number of carbonyl (C=O) groups is 1. The molecule has 1 heterocycles. The standard InChI is InChI=1S/C15H23N3O2/c1-4-16-11(2)13-6-5-12(9-14(13)19)18-8-7-17(3)15(20)10-18/h5-6,9,11,16,19H,4,7-8,10H2,1-3H3. The van der Waals surface area contributed by atoms with Crippen LogP contribution >= 0.6 is 0 Å². The molecule has 1 aromatic carbocycles. The predicted octanol–water partition coefficient (Wildman–Crippen LogP) is 1.34. The van der Waals surface area contributed by atoms with Gasteiger partial charge in [0.2, 0.25) is 5.91 Å². The molecule has 0 saturated carbocycles. The van der Waals surface area contributed by atoms with Gasteiger partial charge in [0.25, 0.3) is 0 Å². The molecular weight excluding hydrogens is 254 g/mol. The molecule has 20 heavy (non-hydrogen) atoms. The van der Waals surface area contributed by atoms with Crippen LogP contribution in [-0.4, -0.2) is 49.1 Å². The Morgan fingerprint density at radius 1 is 1.40 bits per heavy atom. The molecule has 1 amide bonds. The lowest BCUT2D eigenvalue weighted by Gasteiger charge is -2.33. The van der Waals surface area contributed by atoms with Gasteiger partial charge in [-0.3, -0.25) is 4.79 Å². The van der Waals surface area contributed by atoms with Crippen molar-refractivity contribution in [3.63, 3.8) is 0 Å². The van der Waals surface area contributed by atoms with Gasteiger partial charge in [-0.2, -0.15) is 0 Å². The van der Waals surface area contributed by atoms with E-state index in [4.69, 9.17) is 0 Å². The Hall–Kier alpha value is -1.75. The summed E-state index contributed by atoms with van der Waals surface area (Å²) in [5.41, 5.74) is 1.78. The molecule has 110 valence electrons. The van der Waals surface area contributed by atoms with Crippen molar-refractivity contribution in [3.8, 4) is 5.75 Å². The van der Waals surface area contributed by atoms with Crippen LogP contribution in [0.1, 0.15) is 25.5 Å². The molecule has 0 bridgehead atoms. The molecule has 1 fully saturated rings. The van der Waals surface area contributed by atoms with Crippen molar-refractivity contribution in [2.75, 3.05) is 38.1 Å². The van der Waals surface area contributed by atoms with E-state index in [0.717, 1.165) is 30.9 Å². The molecule has 5 nitrogen and oxygen atoms in total. The number of amides is 1. The van der Waals surface area contributed by atoms with Crippen molar-refractivity contribution in [2.45, 2.75) is 19.9 Å². The molecule has 0 aromatic heterocycles. The number of phenols is 1. The lowest BCUT2D eigenvalue weighted by Crippen LogP contribution is -2.48. The molecule has 2 rings (SSSR count). The van der Waals surface area contributed by atoms with Crippen LogP contribution in [-0.2, 0) is 4.79 Å². The molecule has 1 atom stereocenters. The Bertz CT molecular complexity index is 490. The second kappa shape index (κ2) is 6.13. The summed E-state index contributed by atoms with van der Waals surface area (Å²) in [5.74, 6) is 0.392. The molecule has 1 saturated heterocycles. The lowest BCUT2D eigenvalue weighted by atomic mass is 10.1. The highest BCUT2D eigenvalue weighted by atomic mass is 16.3. The van der Waals surface area contributed by atoms with Gasteiger partial charge in [0.15, 0.2) is 0 Å². The third kappa shape index (κ3) is 3.04. The third-order valence-electron chi connectivity index (χ3n) is 3.81. The number of aromatic hydroxyl groups is 1. The van der Waals surface area contributed by atoms with E-state index >= 15 is 0 Å². The van der Waals surface area contributed by atoms with Crippen LogP contribution in [0.4, 0.5) is 5.69 Å². The summed E-state index contributed by atoms with van der Waals surface area (Å²) in [6.07, 6.45) is 0. The average Bonchev–Trinajstić information content (AvgIpc) is 2.42. The van der Waals surface area contributed by atoms with Crippen LogP contribution in [0.25, 0.3) is 0 Å². The number of nitrogens with zero attached hydrogens (tertiary/aromatic N) is 2. The number of hydrogen-bond acceptors (Lipinski definition) is 4. The van der Waals surface area contributed by atoms with E-state index in [2.05, 4.69) is 5.32 Å². The van der Waals surface area contributed by atoms with E-state index in [1.165, 1.54) is 0 Å². The van der Waals surface area contributed by atoms with Gasteiger partial charge < -0.3 is 20.2 Å². The monoisotopic (exact) mass is 277 g/mol. The van der Waals surface area contributed by atoms with E-state index in [9.17, 15) is 9.90 Å². The Morgan fingerprint density at radius 3 is 2.75 bits per heavy atom. The van der Waals surface area contributed by atoms with Crippen LogP contribution in [0.15, 0.2) is 18.2 Å². The zero-order valence-corrected chi connectivity index (χ0v) is 12.4. The van der Waals surface area contributed by atoms with Gasteiger partial charge in [0, 0.05) is 43.5 Å². The van der Waals surface area contributed by atoms with Gasteiger partial charge in [-0.25, -0.2) is 0 Å². The zero-order valence-electron chi connectivity index (χ0n) is 12.4. The number of anilines is 1. The van der Waals surface area contributed by atoms with Crippen LogP contribution in [0, 0.1) is 0 Å². The van der Waals surface area contributed by atoms with Gasteiger partial charge in [-0.1, -0.05) is 13.0 Å². The Labute approximate surface area is 120 Å². The van der Waals surface area contributed by atoms with E-state index < -0.39 is 0 Å². The van der Waals surface area contributed by atoms with Gasteiger partial charge in [-0.15, -0.1) is 0 Å². The molecule has 1 aliphatic heterocycles. The molecule has 1 aliphatic rings. The number of likely N-dealkylation sites (N-methyl/N-ethyl adjacent to an activating group) is 1. The van der Waals surface area contributed by atoms with Crippen molar-refractivity contribution < 1.29 is 9.90 Å². The van der Waals surface area contributed by atoms with E-state index in [-0.39, 0.29) is 17.7 Å². The minimum Gasteiger partial charge on any atom is -0.508 e. The quantitative estimate of drug-likeness (QED) is 0.872. The first kappa shape index (κ1) is 14.7. The maximum absolute atomic E-state index is 11.7. The second-order valence-corrected chi connectivity index (χ2v) is 5.26. The highest BCUT2D eigenvalue weighted by molar-refractivity contribution is 5.82. The smallest absolute Gasteiger partial charge is 0.241 e. The van der Waals surface area contributed by atoms with Gasteiger partial charge >= 0.3 is 0 Å². The SMILES string of the molecule is CCNC(C)c1ccc(N2CCN(C)C(=O)C2)cc1O. The zero-order chi connectivity index (χ0) is 14.7. The molecule has 5 heteroatoms. The van der Waals surface area contributed by atoms with Crippen LogP contribution < -0.4 is 10.2 Å². The summed E-state index contributed by atoms with van der Waals surface area (Å²) in [7, 11) is 1.82. The van der Waals surface area contributed by atoms with Crippen LogP contribution in [0.2, 0.25) is 0 Å². The van der Waals surface area contributed by atoms with E-state index in [1.54, 1.807) is 11.0 Å². The predicted molar refractivity (Wildman–Crippen MR) is 80.0 cm³/mol. The number of carbonyl (C=O) groups excluding carboxylic acids is 1. The van der Waals surface area contributed by atoms with Crippen molar-refractivity contribution >= 4 is 11.6 Å². The summed E-state index contributed by atoms with van der Waals surface area (Å²) in [4.78, 5) is 15.5. The second-order valence-electron chi connectivity index (χ2n) is 5.26. The average molecular weight is 277 g/mol. The van der Waals surface area contributed by atoms with Crippen molar-refractivity contribution in [3.05, 3.63) is 23.8 Å². The van der Waals surface area contributed by atoms with E-state index in [0.29, 0.717) is 6.54 Å².